The van der Waals surface area contributed by atoms with Gasteiger partial charge in [-0.2, -0.15) is 0 Å². The van der Waals surface area contributed by atoms with E-state index >= 15 is 0 Å². The number of hydrogen-bond acceptors (Lipinski definition) is 3. The summed E-state index contributed by atoms with van der Waals surface area (Å²) in [5.74, 6) is 0.654. The van der Waals surface area contributed by atoms with E-state index in [1.54, 1.807) is 0 Å². The standard InChI is InChI=1S/C52H32N4S/c1-4-14-33(15-5-1)34-24-26-37(27-25-34)55-44-23-13-11-21-40(44)48-45(55)29-31-46-49(48)50-47(57-46)30-28-39-38-20-10-12-22-43(38)56(51(39)50)52-53-41(35-16-6-2-7-17-35)32-42(54-52)36-18-8-3-9-19-36/h1-32H. The summed E-state index contributed by atoms with van der Waals surface area (Å²) in [5, 5.41) is 7.35. The van der Waals surface area contributed by atoms with Crippen LogP contribution in [0.2, 0.25) is 0 Å². The molecule has 0 aliphatic heterocycles. The first-order chi connectivity index (χ1) is 28.3. The van der Waals surface area contributed by atoms with E-state index in [0.717, 1.165) is 39.2 Å². The molecule has 0 atom stereocenters. The van der Waals surface area contributed by atoms with Gasteiger partial charge in [0, 0.05) is 58.5 Å². The van der Waals surface area contributed by atoms with Gasteiger partial charge in [0.2, 0.25) is 5.95 Å². The molecule has 0 aliphatic carbocycles. The van der Waals surface area contributed by atoms with Crippen molar-refractivity contribution in [2.45, 2.75) is 0 Å². The van der Waals surface area contributed by atoms with Gasteiger partial charge in [-0.05, 0) is 59.7 Å². The average Bonchev–Trinajstić information content (AvgIpc) is 3.95. The summed E-state index contributed by atoms with van der Waals surface area (Å²) in [6.07, 6.45) is 0. The van der Waals surface area contributed by atoms with E-state index in [2.05, 4.69) is 191 Å². The Morgan fingerprint density at radius 3 is 1.54 bits per heavy atom. The second-order valence-corrected chi connectivity index (χ2v) is 15.6. The van der Waals surface area contributed by atoms with Crippen LogP contribution in [0.4, 0.5) is 0 Å². The number of thiophene rings is 1. The maximum Gasteiger partial charge on any atom is 0.235 e. The summed E-state index contributed by atoms with van der Waals surface area (Å²) < 4.78 is 7.24. The van der Waals surface area contributed by atoms with Crippen molar-refractivity contribution in [1.29, 1.82) is 0 Å². The molecule has 0 bridgehead atoms. The number of rotatable bonds is 5. The van der Waals surface area contributed by atoms with E-state index < -0.39 is 0 Å². The molecule has 5 heteroatoms. The maximum absolute atomic E-state index is 5.38. The van der Waals surface area contributed by atoms with Crippen LogP contribution in [-0.2, 0) is 0 Å². The highest BCUT2D eigenvalue weighted by Gasteiger charge is 2.24. The largest absolute Gasteiger partial charge is 0.309 e. The molecule has 0 aliphatic rings. The Bertz CT molecular complexity index is 3430. The molecule has 0 saturated heterocycles. The Kier molecular flexibility index (Phi) is 7.06. The van der Waals surface area contributed by atoms with Crippen molar-refractivity contribution >= 4 is 75.1 Å². The molecule has 0 N–H and O–H groups in total. The van der Waals surface area contributed by atoms with Gasteiger partial charge >= 0.3 is 0 Å². The molecule has 0 fully saturated rings. The third-order valence-electron chi connectivity index (χ3n) is 11.4. The van der Waals surface area contributed by atoms with Crippen LogP contribution >= 0.6 is 11.3 Å². The lowest BCUT2D eigenvalue weighted by molar-refractivity contribution is 0.998. The number of para-hydroxylation sites is 2. The van der Waals surface area contributed by atoms with Crippen LogP contribution in [-0.4, -0.2) is 19.1 Å². The van der Waals surface area contributed by atoms with E-state index in [4.69, 9.17) is 9.97 Å². The fourth-order valence-electron chi connectivity index (χ4n) is 8.83. The Balaban J connectivity index is 1.19. The van der Waals surface area contributed by atoms with Gasteiger partial charge in [0.1, 0.15) is 0 Å². The van der Waals surface area contributed by atoms with E-state index in [1.807, 2.05) is 23.5 Å². The Labute approximate surface area is 332 Å². The van der Waals surface area contributed by atoms with Crippen molar-refractivity contribution in [1.82, 2.24) is 19.1 Å². The summed E-state index contributed by atoms with van der Waals surface area (Å²) in [5.41, 5.74) is 12.0. The van der Waals surface area contributed by atoms with Crippen LogP contribution < -0.4 is 0 Å². The molecule has 4 heterocycles. The number of nitrogens with zero attached hydrogens (tertiary/aromatic N) is 4. The lowest BCUT2D eigenvalue weighted by Crippen LogP contribution is -2.04. The second-order valence-electron chi connectivity index (χ2n) is 14.6. The third-order valence-corrected chi connectivity index (χ3v) is 12.5. The van der Waals surface area contributed by atoms with Crippen molar-refractivity contribution in [3.05, 3.63) is 194 Å². The highest BCUT2D eigenvalue weighted by molar-refractivity contribution is 7.26. The van der Waals surface area contributed by atoms with Crippen LogP contribution in [0.15, 0.2) is 194 Å². The maximum atomic E-state index is 5.38. The molecule has 266 valence electrons. The topological polar surface area (TPSA) is 35.6 Å². The smallest absolute Gasteiger partial charge is 0.235 e. The summed E-state index contributed by atoms with van der Waals surface area (Å²) in [7, 11) is 0. The number of benzene rings is 8. The molecule has 57 heavy (non-hydrogen) atoms. The highest BCUT2D eigenvalue weighted by Crippen LogP contribution is 2.48. The Morgan fingerprint density at radius 1 is 0.351 bits per heavy atom. The van der Waals surface area contributed by atoms with Crippen LogP contribution in [0.5, 0.6) is 0 Å². The minimum Gasteiger partial charge on any atom is -0.309 e. The highest BCUT2D eigenvalue weighted by atomic mass is 32.1. The van der Waals surface area contributed by atoms with Crippen molar-refractivity contribution in [3.8, 4) is 45.3 Å². The molecule has 12 rings (SSSR count). The summed E-state index contributed by atoms with van der Waals surface area (Å²) >= 11 is 1.85. The predicted molar refractivity (Wildman–Crippen MR) is 240 cm³/mol. The summed E-state index contributed by atoms with van der Waals surface area (Å²) in [4.78, 5) is 10.8. The number of fused-ring (bicyclic) bond motifs is 11. The SMILES string of the molecule is c1ccc(-c2ccc(-n3c4ccccc4c4c5c(ccc43)sc3ccc4c6ccccc6n(-c6nc(-c7ccccc7)cc(-c7ccccc7)n6)c4c35)cc2)cc1. The lowest BCUT2D eigenvalue weighted by Gasteiger charge is -2.12. The van der Waals surface area contributed by atoms with Gasteiger partial charge in [-0.25, -0.2) is 9.97 Å². The van der Waals surface area contributed by atoms with Crippen LogP contribution in [0.1, 0.15) is 0 Å². The first-order valence-electron chi connectivity index (χ1n) is 19.3. The third kappa shape index (κ3) is 4.93. The van der Waals surface area contributed by atoms with Gasteiger partial charge in [-0.1, -0.05) is 146 Å². The van der Waals surface area contributed by atoms with Gasteiger partial charge in [0.05, 0.1) is 33.5 Å². The average molecular weight is 745 g/mol. The first kappa shape index (κ1) is 32.0. The molecule has 4 aromatic heterocycles. The fraction of sp³-hybridized carbons (Fsp3) is 0. The molecule has 4 nitrogen and oxygen atoms in total. The van der Waals surface area contributed by atoms with Crippen molar-refractivity contribution in [2.75, 3.05) is 0 Å². The molecule has 0 unspecified atom stereocenters. The van der Waals surface area contributed by atoms with Gasteiger partial charge in [-0.15, -0.1) is 11.3 Å². The molecule has 8 aromatic carbocycles. The fourth-order valence-corrected chi connectivity index (χ4v) is 9.94. The minimum absolute atomic E-state index is 0.654. The Hall–Kier alpha value is -7.34. The van der Waals surface area contributed by atoms with E-state index in [9.17, 15) is 0 Å². The molecule has 0 saturated carbocycles. The molecular formula is C52H32N4S. The van der Waals surface area contributed by atoms with Gasteiger partial charge in [-0.3, -0.25) is 4.57 Å². The predicted octanol–water partition coefficient (Wildman–Crippen LogP) is 14.0. The number of aromatic nitrogens is 4. The van der Waals surface area contributed by atoms with Gasteiger partial charge < -0.3 is 4.57 Å². The molecule has 0 spiro atoms. The van der Waals surface area contributed by atoms with Crippen LogP contribution in [0.3, 0.4) is 0 Å². The lowest BCUT2D eigenvalue weighted by atomic mass is 10.0. The Morgan fingerprint density at radius 2 is 0.877 bits per heavy atom. The van der Waals surface area contributed by atoms with E-state index in [0.29, 0.717) is 5.95 Å². The zero-order chi connectivity index (χ0) is 37.5. The zero-order valence-electron chi connectivity index (χ0n) is 30.7. The quantitative estimate of drug-likeness (QED) is 0.176. The zero-order valence-corrected chi connectivity index (χ0v) is 31.5. The number of hydrogen-bond donors (Lipinski definition) is 0. The second kappa shape index (κ2) is 12.6. The molecule has 0 amide bonds. The van der Waals surface area contributed by atoms with Crippen LogP contribution in [0.25, 0.3) is 109 Å². The minimum atomic E-state index is 0.654. The molecular weight excluding hydrogens is 713 g/mol. The molecule has 0 radical (unpaired) electrons. The first-order valence-corrected chi connectivity index (χ1v) is 20.1. The van der Waals surface area contributed by atoms with Crippen molar-refractivity contribution in [3.63, 3.8) is 0 Å². The summed E-state index contributed by atoms with van der Waals surface area (Å²) in [6.45, 7) is 0. The van der Waals surface area contributed by atoms with Crippen molar-refractivity contribution in [2.24, 2.45) is 0 Å². The normalized spacial score (nSPS) is 11.9. The van der Waals surface area contributed by atoms with E-state index in [1.165, 1.54) is 63.9 Å². The van der Waals surface area contributed by atoms with E-state index in [-0.39, 0.29) is 0 Å². The molecule has 12 aromatic rings. The van der Waals surface area contributed by atoms with Crippen molar-refractivity contribution < 1.29 is 0 Å². The van der Waals surface area contributed by atoms with Gasteiger partial charge in [0.25, 0.3) is 0 Å². The van der Waals surface area contributed by atoms with Crippen LogP contribution in [0, 0.1) is 0 Å². The van der Waals surface area contributed by atoms with Gasteiger partial charge in [0.15, 0.2) is 0 Å². The monoisotopic (exact) mass is 744 g/mol. The summed E-state index contributed by atoms with van der Waals surface area (Å²) in [6, 6.07) is 69.3.